The number of aliphatic hydroxyl groups is 1. The minimum atomic E-state index is 0.262. The van der Waals surface area contributed by atoms with E-state index in [1.54, 1.807) is 6.07 Å². The van der Waals surface area contributed by atoms with E-state index in [0.717, 1.165) is 25.2 Å². The molecule has 1 atom stereocenters. The number of hydrogen-bond donors (Lipinski definition) is 2. The van der Waals surface area contributed by atoms with Crippen LogP contribution in [0.3, 0.4) is 0 Å². The lowest BCUT2D eigenvalue weighted by atomic mass is 10.1. The summed E-state index contributed by atoms with van der Waals surface area (Å²) in [5.41, 5.74) is 5.52. The summed E-state index contributed by atoms with van der Waals surface area (Å²) in [5.74, 6) is 1.35. The second kappa shape index (κ2) is 5.12. The molecule has 0 aliphatic carbocycles. The molecule has 0 spiro atoms. The maximum absolute atomic E-state index is 8.86. The molecule has 1 saturated heterocycles. The summed E-state index contributed by atoms with van der Waals surface area (Å²) in [4.78, 5) is 2.27. The van der Waals surface area contributed by atoms with Crippen molar-refractivity contribution >= 4 is 11.6 Å². The molecule has 0 amide bonds. The van der Waals surface area contributed by atoms with Crippen LogP contribution in [0.5, 0.6) is 0 Å². The highest BCUT2D eigenvalue weighted by molar-refractivity contribution is 5.43. The van der Waals surface area contributed by atoms with Gasteiger partial charge in [0.15, 0.2) is 5.82 Å². The van der Waals surface area contributed by atoms with Gasteiger partial charge in [-0.15, -0.1) is 10.2 Å². The van der Waals surface area contributed by atoms with Crippen molar-refractivity contribution in [3.05, 3.63) is 12.1 Å². The molecule has 3 N–H and O–H groups in total. The molecule has 1 aliphatic rings. The lowest BCUT2D eigenvalue weighted by molar-refractivity contribution is 0.279. The van der Waals surface area contributed by atoms with Gasteiger partial charge in [-0.25, -0.2) is 0 Å². The molecule has 0 saturated carbocycles. The molecule has 16 heavy (non-hydrogen) atoms. The zero-order chi connectivity index (χ0) is 11.4. The van der Waals surface area contributed by atoms with Crippen LogP contribution in [-0.2, 0) is 0 Å². The minimum absolute atomic E-state index is 0.262. The molecule has 1 unspecified atom stereocenters. The average molecular weight is 222 g/mol. The second-order valence-corrected chi connectivity index (χ2v) is 4.17. The zero-order valence-electron chi connectivity index (χ0n) is 9.34. The number of nitrogen functional groups attached to an aromatic ring is 1. The highest BCUT2D eigenvalue weighted by Crippen LogP contribution is 2.26. The molecule has 88 valence electrons. The molecule has 2 heterocycles. The van der Waals surface area contributed by atoms with Crippen molar-refractivity contribution in [3.8, 4) is 0 Å². The first kappa shape index (κ1) is 11.1. The third-order valence-electron chi connectivity index (χ3n) is 3.04. The Morgan fingerprint density at radius 1 is 1.44 bits per heavy atom. The summed E-state index contributed by atoms with van der Waals surface area (Å²) < 4.78 is 0. The van der Waals surface area contributed by atoms with Crippen LogP contribution in [-0.4, -0.2) is 34.5 Å². The van der Waals surface area contributed by atoms with E-state index in [2.05, 4.69) is 15.1 Å². The predicted molar refractivity (Wildman–Crippen MR) is 63.1 cm³/mol. The van der Waals surface area contributed by atoms with Gasteiger partial charge in [-0.2, -0.15) is 0 Å². The van der Waals surface area contributed by atoms with Crippen LogP contribution < -0.4 is 10.6 Å². The number of aliphatic hydroxyl groups excluding tert-OH is 1. The summed E-state index contributed by atoms with van der Waals surface area (Å²) in [5, 5.41) is 16.8. The van der Waals surface area contributed by atoms with E-state index in [4.69, 9.17) is 10.8 Å². The third kappa shape index (κ3) is 2.41. The fraction of sp³-hybridized carbons (Fsp3) is 0.636. The van der Waals surface area contributed by atoms with E-state index in [1.165, 1.54) is 12.8 Å². The third-order valence-corrected chi connectivity index (χ3v) is 3.04. The second-order valence-electron chi connectivity index (χ2n) is 4.17. The summed E-state index contributed by atoms with van der Waals surface area (Å²) in [6.45, 7) is 1.28. The monoisotopic (exact) mass is 222 g/mol. The summed E-state index contributed by atoms with van der Waals surface area (Å²) in [7, 11) is 0. The Morgan fingerprint density at radius 2 is 2.31 bits per heavy atom. The smallest absolute Gasteiger partial charge is 0.151 e. The van der Waals surface area contributed by atoms with Gasteiger partial charge in [0.1, 0.15) is 5.82 Å². The van der Waals surface area contributed by atoms with Crippen LogP contribution in [0.4, 0.5) is 11.6 Å². The van der Waals surface area contributed by atoms with E-state index in [-0.39, 0.29) is 6.61 Å². The van der Waals surface area contributed by atoms with Gasteiger partial charge in [0, 0.05) is 19.2 Å². The molecule has 0 radical (unpaired) electrons. The van der Waals surface area contributed by atoms with Gasteiger partial charge in [0.2, 0.25) is 0 Å². The Bertz CT molecular complexity index is 327. The summed E-state index contributed by atoms with van der Waals surface area (Å²) >= 11 is 0. The molecule has 1 fully saturated rings. The van der Waals surface area contributed by atoms with Crippen molar-refractivity contribution in [1.29, 1.82) is 0 Å². The predicted octanol–water partition coefficient (Wildman–Crippen LogP) is 0.800. The summed E-state index contributed by atoms with van der Waals surface area (Å²) in [6.07, 6.45) is 4.22. The molecular formula is C11H18N4O. The van der Waals surface area contributed by atoms with Crippen LogP contribution in [0, 0.1) is 0 Å². The van der Waals surface area contributed by atoms with Crippen LogP contribution in [0.15, 0.2) is 12.1 Å². The van der Waals surface area contributed by atoms with Gasteiger partial charge in [-0.05, 0) is 37.8 Å². The minimum Gasteiger partial charge on any atom is -0.396 e. The van der Waals surface area contributed by atoms with Crippen molar-refractivity contribution < 1.29 is 5.11 Å². The van der Waals surface area contributed by atoms with Gasteiger partial charge < -0.3 is 15.7 Å². The van der Waals surface area contributed by atoms with E-state index in [9.17, 15) is 0 Å². The number of anilines is 2. The molecule has 5 nitrogen and oxygen atoms in total. The molecule has 1 aromatic rings. The van der Waals surface area contributed by atoms with Crippen molar-refractivity contribution in [2.75, 3.05) is 23.8 Å². The van der Waals surface area contributed by atoms with E-state index in [0.29, 0.717) is 11.9 Å². The number of aromatic nitrogens is 2. The fourth-order valence-corrected chi connectivity index (χ4v) is 2.25. The van der Waals surface area contributed by atoms with E-state index < -0.39 is 0 Å². The van der Waals surface area contributed by atoms with Crippen molar-refractivity contribution in [3.63, 3.8) is 0 Å². The standard InChI is InChI=1S/C11H18N4O/c12-10-5-6-11(14-13-10)15-7-1-3-9(15)4-2-8-16/h5-6,9,16H,1-4,7-8H2,(H2,12,13). The largest absolute Gasteiger partial charge is 0.396 e. The van der Waals surface area contributed by atoms with Gasteiger partial charge in [0.25, 0.3) is 0 Å². The zero-order valence-corrected chi connectivity index (χ0v) is 9.34. The van der Waals surface area contributed by atoms with Gasteiger partial charge >= 0.3 is 0 Å². The topological polar surface area (TPSA) is 75.3 Å². The highest BCUT2D eigenvalue weighted by atomic mass is 16.2. The summed E-state index contributed by atoms with van der Waals surface area (Å²) in [6, 6.07) is 4.19. The van der Waals surface area contributed by atoms with Gasteiger partial charge in [-0.3, -0.25) is 0 Å². The lowest BCUT2D eigenvalue weighted by Gasteiger charge is -2.24. The molecule has 2 rings (SSSR count). The van der Waals surface area contributed by atoms with Gasteiger partial charge in [0.05, 0.1) is 0 Å². The molecule has 1 aliphatic heterocycles. The van der Waals surface area contributed by atoms with Crippen LogP contribution in [0.1, 0.15) is 25.7 Å². The molecule has 5 heteroatoms. The van der Waals surface area contributed by atoms with E-state index in [1.807, 2.05) is 6.07 Å². The van der Waals surface area contributed by atoms with E-state index >= 15 is 0 Å². The number of rotatable bonds is 4. The number of nitrogens with zero attached hydrogens (tertiary/aromatic N) is 3. The maximum Gasteiger partial charge on any atom is 0.151 e. The lowest BCUT2D eigenvalue weighted by Crippen LogP contribution is -2.30. The first-order chi connectivity index (χ1) is 7.81. The Hall–Kier alpha value is -1.36. The van der Waals surface area contributed by atoms with Crippen molar-refractivity contribution in [2.24, 2.45) is 0 Å². The quantitative estimate of drug-likeness (QED) is 0.788. The molecule has 0 bridgehead atoms. The fourth-order valence-electron chi connectivity index (χ4n) is 2.25. The maximum atomic E-state index is 8.86. The number of nitrogens with two attached hydrogens (primary N) is 1. The Labute approximate surface area is 95.3 Å². The Morgan fingerprint density at radius 3 is 3.00 bits per heavy atom. The molecule has 1 aromatic heterocycles. The Balaban J connectivity index is 2.04. The van der Waals surface area contributed by atoms with Crippen LogP contribution in [0.2, 0.25) is 0 Å². The SMILES string of the molecule is Nc1ccc(N2CCCC2CCCO)nn1. The Kier molecular flexibility index (Phi) is 3.56. The average Bonchev–Trinajstić information content (AvgIpc) is 2.75. The molecule has 0 aromatic carbocycles. The highest BCUT2D eigenvalue weighted by Gasteiger charge is 2.25. The first-order valence-electron chi connectivity index (χ1n) is 5.78. The van der Waals surface area contributed by atoms with Crippen molar-refractivity contribution in [2.45, 2.75) is 31.7 Å². The first-order valence-corrected chi connectivity index (χ1v) is 5.78. The van der Waals surface area contributed by atoms with Crippen LogP contribution in [0.25, 0.3) is 0 Å². The van der Waals surface area contributed by atoms with Gasteiger partial charge in [-0.1, -0.05) is 0 Å². The molecular weight excluding hydrogens is 204 g/mol. The van der Waals surface area contributed by atoms with Crippen LogP contribution >= 0.6 is 0 Å². The number of hydrogen-bond acceptors (Lipinski definition) is 5. The van der Waals surface area contributed by atoms with Crippen molar-refractivity contribution in [1.82, 2.24) is 10.2 Å². The normalized spacial score (nSPS) is 20.3.